The number of benzene rings is 2. The second-order valence-electron chi connectivity index (χ2n) is 4.97. The summed E-state index contributed by atoms with van der Waals surface area (Å²) in [5.74, 6) is 0.846. The second kappa shape index (κ2) is 7.94. The number of ether oxygens (including phenoxy) is 1. The van der Waals surface area contributed by atoms with Crippen LogP contribution in [0.5, 0.6) is 5.75 Å². The first-order chi connectivity index (χ1) is 10.2. The van der Waals surface area contributed by atoms with E-state index in [0.29, 0.717) is 11.6 Å². The molecule has 0 saturated heterocycles. The van der Waals surface area contributed by atoms with Gasteiger partial charge in [0.15, 0.2) is 0 Å². The number of halogens is 1. The smallest absolute Gasteiger partial charge is 0.142 e. The van der Waals surface area contributed by atoms with Crippen molar-refractivity contribution >= 4 is 17.3 Å². The number of hydrogen-bond acceptors (Lipinski definition) is 2. The van der Waals surface area contributed by atoms with Gasteiger partial charge in [-0.15, -0.1) is 0 Å². The summed E-state index contributed by atoms with van der Waals surface area (Å²) in [5, 5.41) is 4.29. The van der Waals surface area contributed by atoms with Crippen LogP contribution < -0.4 is 10.1 Å². The zero-order valence-corrected chi connectivity index (χ0v) is 13.4. The molecule has 0 saturated carbocycles. The van der Waals surface area contributed by atoms with Crippen LogP contribution in [-0.2, 0) is 0 Å². The summed E-state index contributed by atoms with van der Waals surface area (Å²) in [5.41, 5.74) is 2.23. The van der Waals surface area contributed by atoms with Gasteiger partial charge >= 0.3 is 0 Å². The molecule has 0 heterocycles. The first-order valence-electron chi connectivity index (χ1n) is 7.48. The maximum atomic E-state index is 6.13. The highest BCUT2D eigenvalue weighted by Gasteiger charge is 2.13. The van der Waals surface area contributed by atoms with E-state index in [2.05, 4.69) is 36.5 Å². The fourth-order valence-corrected chi connectivity index (χ4v) is 2.55. The largest absolute Gasteiger partial charge is 0.492 e. The quantitative estimate of drug-likeness (QED) is 0.709. The molecule has 0 radical (unpaired) electrons. The minimum absolute atomic E-state index is 0.258. The third-order valence-electron chi connectivity index (χ3n) is 3.35. The van der Waals surface area contributed by atoms with E-state index in [-0.39, 0.29) is 6.04 Å². The van der Waals surface area contributed by atoms with Gasteiger partial charge in [0, 0.05) is 5.02 Å². The minimum Gasteiger partial charge on any atom is -0.492 e. The van der Waals surface area contributed by atoms with Crippen molar-refractivity contribution in [2.45, 2.75) is 32.7 Å². The molecule has 1 unspecified atom stereocenters. The van der Waals surface area contributed by atoms with Crippen LogP contribution in [0.1, 0.15) is 38.3 Å². The number of nitrogens with one attached hydrogen (secondary N) is 1. The molecule has 0 spiro atoms. The summed E-state index contributed by atoms with van der Waals surface area (Å²) < 4.78 is 5.69. The standard InChI is InChI=1S/C18H22ClNO/c1-3-8-16(14-9-6-5-7-10-14)20-17-13-15(19)11-12-18(17)21-4-2/h5-7,9-13,16,20H,3-4,8H2,1-2H3. The Morgan fingerprint density at radius 1 is 1.10 bits per heavy atom. The van der Waals surface area contributed by atoms with E-state index in [9.17, 15) is 0 Å². The van der Waals surface area contributed by atoms with Crippen LogP contribution in [0, 0.1) is 0 Å². The topological polar surface area (TPSA) is 21.3 Å². The summed E-state index contributed by atoms with van der Waals surface area (Å²) in [6.07, 6.45) is 2.17. The van der Waals surface area contributed by atoms with Crippen molar-refractivity contribution in [2.24, 2.45) is 0 Å². The van der Waals surface area contributed by atoms with Gasteiger partial charge < -0.3 is 10.1 Å². The molecule has 2 rings (SSSR count). The third-order valence-corrected chi connectivity index (χ3v) is 3.59. The predicted octanol–water partition coefficient (Wildman–Crippen LogP) is 5.69. The maximum Gasteiger partial charge on any atom is 0.142 e. The lowest BCUT2D eigenvalue weighted by Gasteiger charge is -2.22. The van der Waals surface area contributed by atoms with Crippen LogP contribution in [0.25, 0.3) is 0 Å². The zero-order chi connectivity index (χ0) is 15.1. The van der Waals surface area contributed by atoms with Crippen molar-refractivity contribution in [1.82, 2.24) is 0 Å². The lowest BCUT2D eigenvalue weighted by atomic mass is 10.0. The Labute approximate surface area is 132 Å². The van der Waals surface area contributed by atoms with E-state index in [1.807, 2.05) is 31.2 Å². The molecule has 0 aliphatic rings. The van der Waals surface area contributed by atoms with Crippen molar-refractivity contribution < 1.29 is 4.74 Å². The summed E-state index contributed by atoms with van der Waals surface area (Å²) in [7, 11) is 0. The Kier molecular flexibility index (Phi) is 5.94. The SMILES string of the molecule is CCCC(Nc1cc(Cl)ccc1OCC)c1ccccc1. The highest BCUT2D eigenvalue weighted by molar-refractivity contribution is 6.30. The van der Waals surface area contributed by atoms with Gasteiger partial charge in [0.1, 0.15) is 5.75 Å². The Morgan fingerprint density at radius 3 is 2.52 bits per heavy atom. The molecule has 0 aliphatic heterocycles. The van der Waals surface area contributed by atoms with Crippen molar-refractivity contribution in [3.8, 4) is 5.75 Å². The minimum atomic E-state index is 0.258. The molecule has 3 heteroatoms. The van der Waals surface area contributed by atoms with E-state index >= 15 is 0 Å². The number of rotatable bonds is 7. The molecule has 2 nitrogen and oxygen atoms in total. The monoisotopic (exact) mass is 303 g/mol. The molecular weight excluding hydrogens is 282 g/mol. The van der Waals surface area contributed by atoms with Crippen molar-refractivity contribution in [1.29, 1.82) is 0 Å². The molecule has 0 fully saturated rings. The maximum absolute atomic E-state index is 6.13. The van der Waals surface area contributed by atoms with Gasteiger partial charge in [-0.05, 0) is 37.1 Å². The first-order valence-corrected chi connectivity index (χ1v) is 7.86. The van der Waals surface area contributed by atoms with Crippen LogP contribution in [0.2, 0.25) is 5.02 Å². The third kappa shape index (κ3) is 4.40. The van der Waals surface area contributed by atoms with Gasteiger partial charge in [-0.25, -0.2) is 0 Å². The Hall–Kier alpha value is -1.67. The van der Waals surface area contributed by atoms with Crippen molar-refractivity contribution in [3.63, 3.8) is 0 Å². The lowest BCUT2D eigenvalue weighted by molar-refractivity contribution is 0.341. The van der Waals surface area contributed by atoms with Crippen molar-refractivity contribution in [3.05, 3.63) is 59.1 Å². The van der Waals surface area contributed by atoms with E-state index in [1.54, 1.807) is 0 Å². The van der Waals surface area contributed by atoms with E-state index in [0.717, 1.165) is 24.3 Å². The van der Waals surface area contributed by atoms with E-state index in [1.165, 1.54) is 5.56 Å². The highest BCUT2D eigenvalue weighted by Crippen LogP contribution is 2.32. The fourth-order valence-electron chi connectivity index (χ4n) is 2.38. The molecule has 1 N–H and O–H groups in total. The van der Waals surface area contributed by atoms with Gasteiger partial charge in [0.25, 0.3) is 0 Å². The van der Waals surface area contributed by atoms with Crippen LogP contribution in [0.15, 0.2) is 48.5 Å². The van der Waals surface area contributed by atoms with Crippen LogP contribution >= 0.6 is 11.6 Å². The Bertz CT molecular complexity index is 556. The van der Waals surface area contributed by atoms with Gasteiger partial charge in [-0.1, -0.05) is 55.3 Å². The van der Waals surface area contributed by atoms with E-state index in [4.69, 9.17) is 16.3 Å². The summed E-state index contributed by atoms with van der Waals surface area (Å²) >= 11 is 6.13. The Morgan fingerprint density at radius 2 is 1.86 bits per heavy atom. The molecule has 0 aromatic heterocycles. The molecule has 21 heavy (non-hydrogen) atoms. The van der Waals surface area contributed by atoms with Gasteiger partial charge in [0.05, 0.1) is 18.3 Å². The number of hydrogen-bond donors (Lipinski definition) is 1. The molecule has 0 bridgehead atoms. The zero-order valence-electron chi connectivity index (χ0n) is 12.6. The van der Waals surface area contributed by atoms with Crippen molar-refractivity contribution in [2.75, 3.05) is 11.9 Å². The summed E-state index contributed by atoms with van der Waals surface area (Å²) in [6, 6.07) is 16.4. The normalized spacial score (nSPS) is 12.0. The van der Waals surface area contributed by atoms with Gasteiger partial charge in [0.2, 0.25) is 0 Å². The number of anilines is 1. The van der Waals surface area contributed by atoms with Crippen LogP contribution in [0.4, 0.5) is 5.69 Å². The summed E-state index contributed by atoms with van der Waals surface area (Å²) in [6.45, 7) is 4.82. The lowest BCUT2D eigenvalue weighted by Crippen LogP contribution is -2.11. The van der Waals surface area contributed by atoms with Crippen LogP contribution in [0.3, 0.4) is 0 Å². The van der Waals surface area contributed by atoms with E-state index < -0.39 is 0 Å². The average molecular weight is 304 g/mol. The molecule has 0 amide bonds. The molecule has 2 aromatic carbocycles. The van der Waals surface area contributed by atoms with Gasteiger partial charge in [-0.3, -0.25) is 0 Å². The second-order valence-corrected chi connectivity index (χ2v) is 5.41. The van der Waals surface area contributed by atoms with Crippen LogP contribution in [-0.4, -0.2) is 6.61 Å². The molecular formula is C18H22ClNO. The predicted molar refractivity (Wildman–Crippen MR) is 90.3 cm³/mol. The Balaban J connectivity index is 2.26. The fraction of sp³-hybridized carbons (Fsp3) is 0.333. The first kappa shape index (κ1) is 15.7. The summed E-state index contributed by atoms with van der Waals surface area (Å²) in [4.78, 5) is 0. The average Bonchev–Trinajstić information content (AvgIpc) is 2.50. The highest BCUT2D eigenvalue weighted by atomic mass is 35.5. The molecule has 2 aromatic rings. The molecule has 1 atom stereocenters. The molecule has 0 aliphatic carbocycles. The molecule has 112 valence electrons. The van der Waals surface area contributed by atoms with Gasteiger partial charge in [-0.2, -0.15) is 0 Å².